The third kappa shape index (κ3) is 6.75. The Bertz CT molecular complexity index is 3280. The molecule has 10 rings (SSSR count). The van der Waals surface area contributed by atoms with Crippen LogP contribution in [0, 0.1) is 0 Å². The van der Waals surface area contributed by atoms with Crippen LogP contribution in [0.2, 0.25) is 0 Å². The molecule has 1 heteroatoms. The van der Waals surface area contributed by atoms with Gasteiger partial charge in [0.15, 0.2) is 0 Å². The molecule has 61 heavy (non-hydrogen) atoms. The fourth-order valence-corrected chi connectivity index (χ4v) is 9.45. The maximum atomic E-state index is 2.45. The number of nitrogens with zero attached hydrogens (tertiary/aromatic N) is 1. The Morgan fingerprint density at radius 2 is 0.852 bits per heavy atom. The minimum atomic E-state index is 0.0161. The Kier molecular flexibility index (Phi) is 9.57. The molecule has 0 bridgehead atoms. The lowest BCUT2D eigenvalue weighted by atomic mass is 9.81. The molecule has 9 aromatic carbocycles. The van der Waals surface area contributed by atoms with Gasteiger partial charge in [0.25, 0.3) is 0 Å². The van der Waals surface area contributed by atoms with Gasteiger partial charge in [-0.3, -0.25) is 0 Å². The lowest BCUT2D eigenvalue weighted by molar-refractivity contribution is 0.591. The molecule has 0 N–H and O–H groups in total. The van der Waals surface area contributed by atoms with Gasteiger partial charge in [-0.1, -0.05) is 172 Å². The van der Waals surface area contributed by atoms with Crippen molar-refractivity contribution in [2.75, 3.05) is 0 Å². The molecule has 0 saturated carbocycles. The molecule has 0 aliphatic heterocycles. The Balaban J connectivity index is 1.06. The van der Waals surface area contributed by atoms with Crippen LogP contribution in [-0.2, 0) is 12.0 Å². The maximum Gasteiger partial charge on any atom is 0.0491 e. The highest BCUT2D eigenvalue weighted by molar-refractivity contribution is 6.22. The Labute approximate surface area is 360 Å². The van der Waals surface area contributed by atoms with E-state index in [-0.39, 0.29) is 5.41 Å². The van der Waals surface area contributed by atoms with E-state index in [1.54, 1.807) is 0 Å². The molecule has 0 radical (unpaired) electrons. The zero-order chi connectivity index (χ0) is 41.8. The van der Waals surface area contributed by atoms with Crippen molar-refractivity contribution in [3.63, 3.8) is 0 Å². The van der Waals surface area contributed by atoms with Gasteiger partial charge in [0, 0.05) is 28.4 Å². The lowest BCUT2D eigenvalue weighted by Gasteiger charge is -2.23. The minimum absolute atomic E-state index is 0.0161. The van der Waals surface area contributed by atoms with Crippen LogP contribution in [0.4, 0.5) is 0 Å². The first-order valence-electron chi connectivity index (χ1n) is 21.8. The molecule has 0 spiro atoms. The minimum Gasteiger partial charge on any atom is -0.341 e. The normalized spacial score (nSPS) is 12.3. The second kappa shape index (κ2) is 15.3. The number of rotatable bonds is 7. The summed E-state index contributed by atoms with van der Waals surface area (Å²) in [4.78, 5) is 0. The smallest absolute Gasteiger partial charge is 0.0491 e. The zero-order valence-corrected chi connectivity index (χ0v) is 36.1. The van der Waals surface area contributed by atoms with Gasteiger partial charge < -0.3 is 4.57 Å². The summed E-state index contributed by atoms with van der Waals surface area (Å²) >= 11 is 0. The summed E-state index contributed by atoms with van der Waals surface area (Å²) < 4.78 is 2.44. The maximum absolute atomic E-state index is 2.45. The predicted octanol–water partition coefficient (Wildman–Crippen LogP) is 17.2. The van der Waals surface area contributed by atoms with Crippen LogP contribution in [0.15, 0.2) is 188 Å². The van der Waals surface area contributed by atoms with Crippen LogP contribution in [0.5, 0.6) is 0 Å². The largest absolute Gasteiger partial charge is 0.341 e. The highest BCUT2D eigenvalue weighted by Gasteiger charge is 2.21. The van der Waals surface area contributed by atoms with E-state index in [9.17, 15) is 0 Å². The van der Waals surface area contributed by atoms with Crippen LogP contribution in [0.1, 0.15) is 52.7 Å². The molecule has 0 aliphatic rings. The van der Waals surface area contributed by atoms with Gasteiger partial charge in [-0.2, -0.15) is 0 Å². The SMILES string of the molecule is C/C=C(\C)c1ccc2c(-c3ccc(-c4ccc(-c5ccc6c(c5)c5cc(-c7ccccc7)ccc5n6CC)cc4)cc3)c3cc(C(C)(C)C)ccc3c(-c3ccccc3)c2c1. The molecule has 1 aromatic heterocycles. The van der Waals surface area contributed by atoms with Crippen LogP contribution in [0.3, 0.4) is 0 Å². The van der Waals surface area contributed by atoms with Crippen LogP contribution >= 0.6 is 0 Å². The van der Waals surface area contributed by atoms with Gasteiger partial charge in [-0.05, 0) is 156 Å². The molecule has 0 saturated heterocycles. The summed E-state index contributed by atoms with van der Waals surface area (Å²) in [7, 11) is 0. The van der Waals surface area contributed by atoms with Crippen molar-refractivity contribution >= 4 is 48.9 Å². The number of benzene rings is 9. The molecular weight excluding hydrogens is 735 g/mol. The number of aromatic nitrogens is 1. The number of hydrogen-bond acceptors (Lipinski definition) is 0. The first-order chi connectivity index (χ1) is 29.7. The summed E-state index contributed by atoms with van der Waals surface area (Å²) in [6, 6.07) is 68.1. The van der Waals surface area contributed by atoms with E-state index < -0.39 is 0 Å². The molecular formula is C60H51N. The van der Waals surface area contributed by atoms with Crippen LogP contribution in [-0.4, -0.2) is 4.57 Å². The monoisotopic (exact) mass is 785 g/mol. The van der Waals surface area contributed by atoms with E-state index in [1.807, 2.05) is 0 Å². The van der Waals surface area contributed by atoms with Crippen molar-refractivity contribution < 1.29 is 0 Å². The highest BCUT2D eigenvalue weighted by Crippen LogP contribution is 2.46. The average molecular weight is 786 g/mol. The summed E-state index contributed by atoms with van der Waals surface area (Å²) in [6.07, 6.45) is 2.21. The summed E-state index contributed by atoms with van der Waals surface area (Å²) in [5.41, 5.74) is 18.9. The van der Waals surface area contributed by atoms with Gasteiger partial charge in [0.05, 0.1) is 0 Å². The van der Waals surface area contributed by atoms with Gasteiger partial charge in [-0.15, -0.1) is 0 Å². The Morgan fingerprint density at radius 1 is 0.426 bits per heavy atom. The summed E-state index contributed by atoms with van der Waals surface area (Å²) in [6.45, 7) is 14.4. The van der Waals surface area contributed by atoms with Gasteiger partial charge >= 0.3 is 0 Å². The van der Waals surface area contributed by atoms with E-state index in [2.05, 4.69) is 234 Å². The van der Waals surface area contributed by atoms with Crippen LogP contribution in [0.25, 0.3) is 105 Å². The second-order valence-electron chi connectivity index (χ2n) is 17.6. The van der Waals surface area contributed by atoms with Crippen molar-refractivity contribution in [3.05, 3.63) is 199 Å². The van der Waals surface area contributed by atoms with E-state index in [0.29, 0.717) is 0 Å². The van der Waals surface area contributed by atoms with Crippen molar-refractivity contribution in [2.45, 2.75) is 53.5 Å². The molecule has 1 heterocycles. The van der Waals surface area contributed by atoms with Gasteiger partial charge in [0.2, 0.25) is 0 Å². The number of allylic oxidation sites excluding steroid dienone is 2. The van der Waals surface area contributed by atoms with E-state index in [4.69, 9.17) is 0 Å². The second-order valence-corrected chi connectivity index (χ2v) is 17.6. The number of fused-ring (bicyclic) bond motifs is 5. The molecule has 296 valence electrons. The molecule has 1 nitrogen and oxygen atoms in total. The topological polar surface area (TPSA) is 4.93 Å². The van der Waals surface area contributed by atoms with Crippen molar-refractivity contribution in [1.82, 2.24) is 4.57 Å². The van der Waals surface area contributed by atoms with E-state index in [1.165, 1.54) is 116 Å². The van der Waals surface area contributed by atoms with Crippen molar-refractivity contribution in [1.29, 1.82) is 0 Å². The summed E-state index contributed by atoms with van der Waals surface area (Å²) in [5, 5.41) is 7.73. The van der Waals surface area contributed by atoms with Gasteiger partial charge in [-0.25, -0.2) is 0 Å². The Hall–Kier alpha value is -6.96. The molecule has 0 aliphatic carbocycles. The molecule has 0 unspecified atom stereocenters. The molecule has 10 aromatic rings. The molecule has 0 fully saturated rings. The first-order valence-corrected chi connectivity index (χ1v) is 21.8. The number of hydrogen-bond donors (Lipinski definition) is 0. The standard InChI is InChI=1S/C60H51N/c1-7-39(3)46-27-31-50-54(35-46)58(44-17-13-10-14-18-44)51-32-30-49(60(4,5)6)38-55(51)59(50)45-25-23-42(24-26-45)41-19-21-43(22-20-41)48-29-34-57-53(37-48)52-36-47(40-15-11-9-12-16-40)28-33-56(52)61(57)8-2/h7,9-38H,8H2,1-6H3/b39-7+. The highest BCUT2D eigenvalue weighted by atomic mass is 15.0. The van der Waals surface area contributed by atoms with E-state index >= 15 is 0 Å². The molecule has 0 amide bonds. The lowest BCUT2D eigenvalue weighted by Crippen LogP contribution is -2.10. The third-order valence-corrected chi connectivity index (χ3v) is 12.9. The zero-order valence-electron chi connectivity index (χ0n) is 36.1. The fourth-order valence-electron chi connectivity index (χ4n) is 9.45. The van der Waals surface area contributed by atoms with Crippen molar-refractivity contribution in [3.8, 4) is 55.6 Å². The summed E-state index contributed by atoms with van der Waals surface area (Å²) in [5.74, 6) is 0. The van der Waals surface area contributed by atoms with Gasteiger partial charge in [0.1, 0.15) is 0 Å². The first kappa shape index (κ1) is 38.3. The van der Waals surface area contributed by atoms with Crippen LogP contribution < -0.4 is 0 Å². The molecule has 0 atom stereocenters. The third-order valence-electron chi connectivity index (χ3n) is 12.9. The predicted molar refractivity (Wildman–Crippen MR) is 265 cm³/mol. The van der Waals surface area contributed by atoms with Crippen molar-refractivity contribution in [2.24, 2.45) is 0 Å². The quantitative estimate of drug-likeness (QED) is 0.142. The number of aryl methyl sites for hydroxylation is 1. The average Bonchev–Trinajstić information content (AvgIpc) is 3.62. The fraction of sp³-hybridized carbons (Fsp3) is 0.133. The van der Waals surface area contributed by atoms with E-state index in [0.717, 1.165) is 6.54 Å². The Morgan fingerprint density at radius 3 is 1.36 bits per heavy atom.